The third-order valence-corrected chi connectivity index (χ3v) is 2.60. The van der Waals surface area contributed by atoms with Gasteiger partial charge in [-0.25, -0.2) is 9.48 Å². The smallest absolute Gasteiger partial charge is 0.301 e. The predicted octanol–water partition coefficient (Wildman–Crippen LogP) is -0.305. The van der Waals surface area contributed by atoms with Gasteiger partial charge in [0.15, 0.2) is 0 Å². The molecule has 0 bridgehead atoms. The molecule has 0 aliphatic heterocycles. The lowest BCUT2D eigenvalue weighted by atomic mass is 10.3. The van der Waals surface area contributed by atoms with E-state index in [0.29, 0.717) is 5.69 Å². The zero-order valence-corrected chi connectivity index (χ0v) is 9.06. The third-order valence-electron chi connectivity index (χ3n) is 2.60. The van der Waals surface area contributed by atoms with Gasteiger partial charge in [-0.05, 0) is 12.1 Å². The van der Waals surface area contributed by atoms with Gasteiger partial charge in [0.25, 0.3) is 11.1 Å². The normalized spacial score (nSPS) is 10.9. The van der Waals surface area contributed by atoms with Crippen LogP contribution in [0.25, 0.3) is 16.7 Å². The number of aromatic amines is 3. The van der Waals surface area contributed by atoms with Crippen molar-refractivity contribution >= 4 is 11.0 Å². The summed E-state index contributed by atoms with van der Waals surface area (Å²) < 4.78 is 1.20. The van der Waals surface area contributed by atoms with Crippen LogP contribution < -0.4 is 16.8 Å². The second kappa shape index (κ2) is 3.59. The number of hydrogen-bond acceptors (Lipinski definition) is 3. The van der Waals surface area contributed by atoms with Gasteiger partial charge in [-0.3, -0.25) is 19.7 Å². The molecular formula is C11H8N4O3. The van der Waals surface area contributed by atoms with Gasteiger partial charge in [-0.2, -0.15) is 0 Å². The second-order valence-corrected chi connectivity index (χ2v) is 3.75. The first-order valence-electron chi connectivity index (χ1n) is 5.19. The number of rotatable bonds is 1. The summed E-state index contributed by atoms with van der Waals surface area (Å²) in [5.74, 6) is 0. The predicted molar refractivity (Wildman–Crippen MR) is 65.1 cm³/mol. The molecular weight excluding hydrogens is 236 g/mol. The average molecular weight is 244 g/mol. The van der Waals surface area contributed by atoms with Crippen LogP contribution in [0.3, 0.4) is 0 Å². The Balaban J connectivity index is 2.44. The van der Waals surface area contributed by atoms with E-state index in [2.05, 4.69) is 15.1 Å². The largest absolute Gasteiger partial charge is 0.326 e. The summed E-state index contributed by atoms with van der Waals surface area (Å²) >= 11 is 0. The highest BCUT2D eigenvalue weighted by Gasteiger charge is 2.11. The fourth-order valence-corrected chi connectivity index (χ4v) is 1.79. The van der Waals surface area contributed by atoms with Gasteiger partial charge >= 0.3 is 5.69 Å². The maximum absolute atomic E-state index is 12.0. The molecule has 0 unspecified atom stereocenters. The lowest BCUT2D eigenvalue weighted by Gasteiger charge is -1.98. The van der Waals surface area contributed by atoms with Crippen molar-refractivity contribution < 1.29 is 0 Å². The van der Waals surface area contributed by atoms with Crippen molar-refractivity contribution in [2.45, 2.75) is 0 Å². The second-order valence-electron chi connectivity index (χ2n) is 3.75. The van der Waals surface area contributed by atoms with E-state index in [4.69, 9.17) is 0 Å². The number of benzene rings is 1. The molecule has 0 aliphatic carbocycles. The van der Waals surface area contributed by atoms with Gasteiger partial charge in [-0.15, -0.1) is 0 Å². The van der Waals surface area contributed by atoms with Crippen molar-refractivity contribution in [2.24, 2.45) is 0 Å². The number of hydrogen-bond donors (Lipinski definition) is 3. The molecule has 3 rings (SSSR count). The monoisotopic (exact) mass is 244 g/mol. The Labute approximate surface area is 98.7 Å². The summed E-state index contributed by atoms with van der Waals surface area (Å²) in [4.78, 5) is 39.1. The molecule has 3 N–H and O–H groups in total. The van der Waals surface area contributed by atoms with Crippen molar-refractivity contribution in [3.05, 3.63) is 61.5 Å². The maximum atomic E-state index is 12.0. The van der Waals surface area contributed by atoms with Crippen molar-refractivity contribution in [2.75, 3.05) is 0 Å². The fraction of sp³-hybridized carbons (Fsp3) is 0. The number of H-pyrrole nitrogens is 3. The van der Waals surface area contributed by atoms with Crippen LogP contribution in [0.4, 0.5) is 0 Å². The first kappa shape index (κ1) is 10.3. The molecule has 2 aromatic heterocycles. The number of para-hydroxylation sites is 1. The minimum atomic E-state index is -0.705. The molecule has 0 aliphatic rings. The molecule has 0 spiro atoms. The van der Waals surface area contributed by atoms with Crippen LogP contribution >= 0.6 is 0 Å². The summed E-state index contributed by atoms with van der Waals surface area (Å²) in [5, 5.41) is 2.67. The van der Waals surface area contributed by atoms with Crippen LogP contribution in [0.5, 0.6) is 0 Å². The Morgan fingerprint density at radius 2 is 1.61 bits per heavy atom. The van der Waals surface area contributed by atoms with E-state index < -0.39 is 16.8 Å². The highest BCUT2D eigenvalue weighted by atomic mass is 16.2. The number of nitrogens with zero attached hydrogens (tertiary/aromatic N) is 1. The SMILES string of the molecule is O=c1[nH]c(=O)c2[nH]n(-c3ccccc3)c(=O)c2[nH]1. The van der Waals surface area contributed by atoms with E-state index >= 15 is 0 Å². The molecule has 0 saturated heterocycles. The summed E-state index contributed by atoms with van der Waals surface area (Å²) in [6.07, 6.45) is 0. The van der Waals surface area contributed by atoms with Crippen molar-refractivity contribution in [3.8, 4) is 5.69 Å². The lowest BCUT2D eigenvalue weighted by Crippen LogP contribution is -2.23. The van der Waals surface area contributed by atoms with Crippen LogP contribution in [0, 0.1) is 0 Å². The minimum Gasteiger partial charge on any atom is -0.301 e. The van der Waals surface area contributed by atoms with Gasteiger partial charge in [-0.1, -0.05) is 18.2 Å². The number of fused-ring (bicyclic) bond motifs is 1. The summed E-state index contributed by atoms with van der Waals surface area (Å²) in [6, 6.07) is 8.76. The van der Waals surface area contributed by atoms with E-state index in [1.807, 2.05) is 6.07 Å². The molecule has 1 aromatic carbocycles. The molecule has 2 heterocycles. The Hall–Kier alpha value is -2.83. The Morgan fingerprint density at radius 3 is 2.33 bits per heavy atom. The Kier molecular flexibility index (Phi) is 2.06. The Bertz CT molecular complexity index is 882. The van der Waals surface area contributed by atoms with Crippen LogP contribution in [-0.2, 0) is 0 Å². The van der Waals surface area contributed by atoms with Crippen LogP contribution in [-0.4, -0.2) is 19.7 Å². The summed E-state index contributed by atoms with van der Waals surface area (Å²) in [6.45, 7) is 0. The first-order chi connectivity index (χ1) is 8.66. The van der Waals surface area contributed by atoms with E-state index in [1.54, 1.807) is 24.3 Å². The van der Waals surface area contributed by atoms with Crippen LogP contribution in [0.1, 0.15) is 0 Å². The molecule has 0 fully saturated rings. The standard InChI is InChI=1S/C11H8N4O3/c16-9-7-8(12-11(18)13-9)10(17)15(14-7)6-4-2-1-3-5-6/h1-5,14H,(H2,12,13,16,18). The van der Waals surface area contributed by atoms with Gasteiger partial charge in [0, 0.05) is 0 Å². The average Bonchev–Trinajstić information content (AvgIpc) is 2.69. The quantitative estimate of drug-likeness (QED) is 0.547. The molecule has 3 aromatic rings. The Morgan fingerprint density at radius 1 is 0.889 bits per heavy atom. The van der Waals surface area contributed by atoms with Gasteiger partial charge < -0.3 is 4.98 Å². The topological polar surface area (TPSA) is 104 Å². The maximum Gasteiger partial charge on any atom is 0.326 e. The summed E-state index contributed by atoms with van der Waals surface area (Å²) in [7, 11) is 0. The van der Waals surface area contributed by atoms with Crippen molar-refractivity contribution in [1.29, 1.82) is 0 Å². The molecule has 0 atom stereocenters. The first-order valence-corrected chi connectivity index (χ1v) is 5.19. The minimum absolute atomic E-state index is 0.0346. The lowest BCUT2D eigenvalue weighted by molar-refractivity contribution is 0.861. The van der Waals surface area contributed by atoms with Crippen molar-refractivity contribution in [1.82, 2.24) is 19.7 Å². The van der Waals surface area contributed by atoms with Gasteiger partial charge in [0.1, 0.15) is 11.0 Å². The molecule has 7 heteroatoms. The van der Waals surface area contributed by atoms with Crippen LogP contribution in [0.15, 0.2) is 44.7 Å². The highest BCUT2D eigenvalue weighted by molar-refractivity contribution is 5.72. The number of nitrogens with one attached hydrogen (secondary N) is 3. The molecule has 0 amide bonds. The molecule has 0 radical (unpaired) electrons. The van der Waals surface area contributed by atoms with E-state index in [9.17, 15) is 14.4 Å². The molecule has 90 valence electrons. The van der Waals surface area contributed by atoms with Gasteiger partial charge in [0.05, 0.1) is 5.69 Å². The van der Waals surface area contributed by atoms with E-state index in [0.717, 1.165) is 0 Å². The van der Waals surface area contributed by atoms with Crippen molar-refractivity contribution in [3.63, 3.8) is 0 Å². The summed E-state index contributed by atoms with van der Waals surface area (Å²) in [5.41, 5.74) is -1.21. The molecule has 0 saturated carbocycles. The van der Waals surface area contributed by atoms with E-state index in [1.165, 1.54) is 4.68 Å². The van der Waals surface area contributed by atoms with Crippen LogP contribution in [0.2, 0.25) is 0 Å². The zero-order chi connectivity index (χ0) is 12.7. The molecule has 7 nitrogen and oxygen atoms in total. The molecule has 18 heavy (non-hydrogen) atoms. The number of aromatic nitrogens is 4. The van der Waals surface area contributed by atoms with E-state index in [-0.39, 0.29) is 11.0 Å². The zero-order valence-electron chi connectivity index (χ0n) is 9.06. The fourth-order valence-electron chi connectivity index (χ4n) is 1.79. The van der Waals surface area contributed by atoms with Gasteiger partial charge in [0.2, 0.25) is 0 Å². The highest BCUT2D eigenvalue weighted by Crippen LogP contribution is 2.04. The third kappa shape index (κ3) is 1.41.